The number of aromatic nitrogens is 2. The highest BCUT2D eigenvalue weighted by Gasteiger charge is 2.27. The Kier molecular flexibility index (Phi) is 4.40. The van der Waals surface area contributed by atoms with Crippen molar-refractivity contribution in [1.29, 1.82) is 0 Å². The summed E-state index contributed by atoms with van der Waals surface area (Å²) in [6.07, 6.45) is 5.18. The zero-order chi connectivity index (χ0) is 14.8. The Morgan fingerprint density at radius 1 is 1.43 bits per heavy atom. The lowest BCUT2D eigenvalue weighted by atomic mass is 9.78. The summed E-state index contributed by atoms with van der Waals surface area (Å²) in [5, 5.41) is 5.54. The Morgan fingerprint density at radius 3 is 3.05 bits per heavy atom. The highest BCUT2D eigenvalue weighted by Crippen LogP contribution is 2.30. The van der Waals surface area contributed by atoms with Crippen molar-refractivity contribution in [2.24, 2.45) is 11.8 Å². The predicted octanol–water partition coefficient (Wildman–Crippen LogP) is 3.29. The first-order valence-corrected chi connectivity index (χ1v) is 8.73. The lowest BCUT2D eigenvalue weighted by Crippen LogP contribution is -2.40. The van der Waals surface area contributed by atoms with E-state index in [1.165, 1.54) is 37.0 Å². The van der Waals surface area contributed by atoms with E-state index in [0.717, 1.165) is 22.0 Å². The molecule has 3 rings (SSSR count). The van der Waals surface area contributed by atoms with Crippen LogP contribution in [0.15, 0.2) is 16.2 Å². The summed E-state index contributed by atoms with van der Waals surface area (Å²) in [5.41, 5.74) is 0.792. The molecule has 1 fully saturated rings. The smallest absolute Gasteiger partial charge is 0.268 e. The van der Waals surface area contributed by atoms with Gasteiger partial charge in [-0.15, -0.1) is 11.3 Å². The fraction of sp³-hybridized carbons (Fsp3) is 0.625. The molecule has 0 spiro atoms. The first-order chi connectivity index (χ1) is 10.1. The maximum atomic E-state index is 12.0. The molecule has 2 aromatic rings. The summed E-state index contributed by atoms with van der Waals surface area (Å²) in [6.45, 7) is 5.26. The third-order valence-electron chi connectivity index (χ3n) is 4.57. The van der Waals surface area contributed by atoms with E-state index < -0.39 is 0 Å². The molecule has 1 aliphatic carbocycles. The van der Waals surface area contributed by atoms with Crippen molar-refractivity contribution in [3.63, 3.8) is 0 Å². The molecule has 2 atom stereocenters. The quantitative estimate of drug-likeness (QED) is 0.911. The van der Waals surface area contributed by atoms with Crippen LogP contribution >= 0.6 is 11.3 Å². The van der Waals surface area contributed by atoms with Crippen molar-refractivity contribution in [2.75, 3.05) is 0 Å². The third-order valence-corrected chi connectivity index (χ3v) is 5.47. The minimum atomic E-state index is -0.0177. The number of hydrogen-bond acceptors (Lipinski definition) is 4. The number of aromatic amines is 1. The molecule has 21 heavy (non-hydrogen) atoms. The van der Waals surface area contributed by atoms with Crippen molar-refractivity contribution < 1.29 is 0 Å². The summed E-state index contributed by atoms with van der Waals surface area (Å²) in [7, 11) is 0. The van der Waals surface area contributed by atoms with Gasteiger partial charge in [0.2, 0.25) is 0 Å². The minimum absolute atomic E-state index is 0.0177. The average molecular weight is 305 g/mol. The van der Waals surface area contributed by atoms with Gasteiger partial charge in [-0.1, -0.05) is 26.7 Å². The number of nitrogens with one attached hydrogen (secondary N) is 2. The molecule has 2 heterocycles. The number of H-pyrrole nitrogens is 1. The van der Waals surface area contributed by atoms with Crippen LogP contribution in [0.3, 0.4) is 0 Å². The first-order valence-electron chi connectivity index (χ1n) is 7.85. The van der Waals surface area contributed by atoms with E-state index in [1.807, 2.05) is 11.4 Å². The van der Waals surface area contributed by atoms with E-state index in [4.69, 9.17) is 0 Å². The standard InChI is InChI=1S/C16H23N3OS/c1-10(2)11-5-3-4-6-12(11)17-9-14-18-13-7-8-21-15(13)16(20)19-14/h7-8,10-12,17H,3-6,9H2,1-2H3,(H,18,19,20). The first kappa shape index (κ1) is 14.7. The van der Waals surface area contributed by atoms with Crippen LogP contribution in [0.25, 0.3) is 10.2 Å². The van der Waals surface area contributed by atoms with Crippen LogP contribution in [0.2, 0.25) is 0 Å². The van der Waals surface area contributed by atoms with E-state index in [1.54, 1.807) is 0 Å². The van der Waals surface area contributed by atoms with Crippen molar-refractivity contribution in [1.82, 2.24) is 15.3 Å². The SMILES string of the molecule is CC(C)C1CCCCC1NCc1nc2ccsc2c(=O)[nH]1. The van der Waals surface area contributed by atoms with E-state index in [9.17, 15) is 4.79 Å². The van der Waals surface area contributed by atoms with Crippen LogP contribution in [0.1, 0.15) is 45.4 Å². The monoisotopic (exact) mass is 305 g/mol. The van der Waals surface area contributed by atoms with Gasteiger partial charge in [0.1, 0.15) is 10.5 Å². The van der Waals surface area contributed by atoms with Crippen LogP contribution in [0.5, 0.6) is 0 Å². The van der Waals surface area contributed by atoms with E-state index in [-0.39, 0.29) is 5.56 Å². The van der Waals surface area contributed by atoms with Crippen LogP contribution in [-0.4, -0.2) is 16.0 Å². The van der Waals surface area contributed by atoms with Gasteiger partial charge in [-0.2, -0.15) is 0 Å². The largest absolute Gasteiger partial charge is 0.308 e. The Labute approximate surface area is 129 Å². The van der Waals surface area contributed by atoms with Gasteiger partial charge in [0, 0.05) is 6.04 Å². The maximum Gasteiger partial charge on any atom is 0.268 e. The molecule has 0 aliphatic heterocycles. The van der Waals surface area contributed by atoms with Crippen LogP contribution in [0, 0.1) is 11.8 Å². The number of nitrogens with zero attached hydrogens (tertiary/aromatic N) is 1. The van der Waals surface area contributed by atoms with Gasteiger partial charge < -0.3 is 10.3 Å². The Balaban J connectivity index is 1.71. The topological polar surface area (TPSA) is 57.8 Å². The highest BCUT2D eigenvalue weighted by atomic mass is 32.1. The molecule has 1 aliphatic rings. The van der Waals surface area contributed by atoms with Crippen molar-refractivity contribution in [3.05, 3.63) is 27.6 Å². The molecule has 2 N–H and O–H groups in total. The molecule has 0 amide bonds. The molecule has 0 bridgehead atoms. The number of hydrogen-bond donors (Lipinski definition) is 2. The van der Waals surface area contributed by atoms with E-state index in [0.29, 0.717) is 18.5 Å². The Bertz CT molecular complexity index is 661. The second-order valence-electron chi connectivity index (χ2n) is 6.33. The summed E-state index contributed by atoms with van der Waals surface area (Å²) < 4.78 is 0.719. The molecular formula is C16H23N3OS. The predicted molar refractivity (Wildman–Crippen MR) is 87.7 cm³/mol. The highest BCUT2D eigenvalue weighted by molar-refractivity contribution is 7.17. The van der Waals surface area contributed by atoms with E-state index in [2.05, 4.69) is 29.1 Å². The molecule has 0 aromatic carbocycles. The molecular weight excluding hydrogens is 282 g/mol. The summed E-state index contributed by atoms with van der Waals surface area (Å²) in [6, 6.07) is 2.46. The van der Waals surface area contributed by atoms with Gasteiger partial charge in [0.05, 0.1) is 12.1 Å². The molecule has 2 unspecified atom stereocenters. The van der Waals surface area contributed by atoms with Gasteiger partial charge in [-0.25, -0.2) is 4.98 Å². The van der Waals surface area contributed by atoms with Crippen molar-refractivity contribution >= 4 is 21.6 Å². The van der Waals surface area contributed by atoms with Crippen molar-refractivity contribution in [2.45, 2.75) is 52.1 Å². The third kappa shape index (κ3) is 3.19. The minimum Gasteiger partial charge on any atom is -0.308 e. The van der Waals surface area contributed by atoms with Gasteiger partial charge in [0.25, 0.3) is 5.56 Å². The lowest BCUT2D eigenvalue weighted by Gasteiger charge is -2.35. The lowest BCUT2D eigenvalue weighted by molar-refractivity contribution is 0.204. The fourth-order valence-electron chi connectivity index (χ4n) is 3.44. The molecule has 1 saturated carbocycles. The zero-order valence-electron chi connectivity index (χ0n) is 12.7. The van der Waals surface area contributed by atoms with Crippen LogP contribution < -0.4 is 10.9 Å². The van der Waals surface area contributed by atoms with Gasteiger partial charge >= 0.3 is 0 Å². The average Bonchev–Trinajstić information content (AvgIpc) is 2.94. The number of rotatable bonds is 4. The fourth-order valence-corrected chi connectivity index (χ4v) is 4.17. The van der Waals surface area contributed by atoms with Gasteiger partial charge in [-0.05, 0) is 36.1 Å². The number of fused-ring (bicyclic) bond motifs is 1. The Morgan fingerprint density at radius 2 is 2.24 bits per heavy atom. The van der Waals surface area contributed by atoms with Crippen LogP contribution in [-0.2, 0) is 6.54 Å². The molecule has 2 aromatic heterocycles. The van der Waals surface area contributed by atoms with Crippen LogP contribution in [0.4, 0.5) is 0 Å². The zero-order valence-corrected chi connectivity index (χ0v) is 13.5. The van der Waals surface area contributed by atoms with Gasteiger partial charge in [0.15, 0.2) is 0 Å². The number of thiophene rings is 1. The Hall–Kier alpha value is -1.20. The molecule has 114 valence electrons. The maximum absolute atomic E-state index is 12.0. The summed E-state index contributed by atoms with van der Waals surface area (Å²) in [5.74, 6) is 2.18. The molecule has 4 nitrogen and oxygen atoms in total. The van der Waals surface area contributed by atoms with E-state index >= 15 is 0 Å². The second kappa shape index (κ2) is 6.28. The molecule has 0 saturated heterocycles. The second-order valence-corrected chi connectivity index (χ2v) is 7.24. The van der Waals surface area contributed by atoms with Crippen molar-refractivity contribution in [3.8, 4) is 0 Å². The summed E-state index contributed by atoms with van der Waals surface area (Å²) in [4.78, 5) is 19.4. The summed E-state index contributed by atoms with van der Waals surface area (Å²) >= 11 is 1.45. The van der Waals surface area contributed by atoms with Gasteiger partial charge in [-0.3, -0.25) is 4.79 Å². The molecule has 5 heteroatoms. The normalized spacial score (nSPS) is 23.0. The molecule has 0 radical (unpaired) electrons.